The van der Waals surface area contributed by atoms with Gasteiger partial charge in [-0.25, -0.2) is 4.39 Å². The summed E-state index contributed by atoms with van der Waals surface area (Å²) < 4.78 is 19.2. The van der Waals surface area contributed by atoms with Crippen LogP contribution in [0, 0.1) is 11.7 Å². The van der Waals surface area contributed by atoms with Crippen LogP contribution in [0.3, 0.4) is 0 Å². The van der Waals surface area contributed by atoms with Crippen LogP contribution in [0.2, 0.25) is 0 Å². The van der Waals surface area contributed by atoms with E-state index in [0.717, 1.165) is 12.1 Å². The van der Waals surface area contributed by atoms with Crippen molar-refractivity contribution in [2.45, 2.75) is 33.1 Å². The summed E-state index contributed by atoms with van der Waals surface area (Å²) in [6.45, 7) is 9.62. The second-order valence-corrected chi connectivity index (χ2v) is 5.18. The van der Waals surface area contributed by atoms with E-state index in [9.17, 15) is 4.39 Å². The lowest BCUT2D eigenvalue weighted by Gasteiger charge is -2.34. The molecule has 102 valence electrons. The van der Waals surface area contributed by atoms with Gasteiger partial charge in [0.05, 0.1) is 6.61 Å². The summed E-state index contributed by atoms with van der Waals surface area (Å²) in [4.78, 5) is 0. The van der Waals surface area contributed by atoms with Crippen LogP contribution in [0.1, 0.15) is 33.3 Å². The Morgan fingerprint density at radius 1 is 1.39 bits per heavy atom. The van der Waals surface area contributed by atoms with Crippen molar-refractivity contribution in [2.75, 3.05) is 20.2 Å². The molecule has 0 bridgehead atoms. The highest BCUT2D eigenvalue weighted by Crippen LogP contribution is 2.33. The maximum Gasteiger partial charge on any atom is 0.165 e. The molecule has 0 amide bonds. The summed E-state index contributed by atoms with van der Waals surface area (Å²) in [5, 5.41) is 3.19. The molecule has 1 N–H and O–H groups in total. The average molecular weight is 253 g/mol. The lowest BCUT2D eigenvalue weighted by atomic mass is 9.73. The van der Waals surface area contributed by atoms with Gasteiger partial charge in [0.2, 0.25) is 0 Å². The van der Waals surface area contributed by atoms with Crippen molar-refractivity contribution < 1.29 is 9.13 Å². The Morgan fingerprint density at radius 2 is 2.06 bits per heavy atom. The fourth-order valence-corrected chi connectivity index (χ4v) is 2.14. The Labute approximate surface area is 110 Å². The van der Waals surface area contributed by atoms with E-state index in [4.69, 9.17) is 4.74 Å². The van der Waals surface area contributed by atoms with Crippen LogP contribution in [-0.2, 0) is 5.41 Å². The van der Waals surface area contributed by atoms with Gasteiger partial charge in [-0.05, 0) is 37.6 Å². The molecule has 0 aliphatic heterocycles. The molecule has 0 fully saturated rings. The summed E-state index contributed by atoms with van der Waals surface area (Å²) >= 11 is 0. The zero-order chi connectivity index (χ0) is 13.8. The highest BCUT2D eigenvalue weighted by molar-refractivity contribution is 5.34. The van der Waals surface area contributed by atoms with Gasteiger partial charge in [-0.3, -0.25) is 0 Å². The van der Waals surface area contributed by atoms with Gasteiger partial charge in [0.15, 0.2) is 11.6 Å². The molecule has 1 atom stereocenters. The minimum atomic E-state index is -0.280. The van der Waals surface area contributed by atoms with Gasteiger partial charge in [0, 0.05) is 12.0 Å². The number of benzene rings is 1. The topological polar surface area (TPSA) is 21.3 Å². The van der Waals surface area contributed by atoms with E-state index in [-0.39, 0.29) is 11.2 Å². The number of halogens is 1. The maximum atomic E-state index is 13.9. The van der Waals surface area contributed by atoms with Crippen molar-refractivity contribution in [3.8, 4) is 5.75 Å². The van der Waals surface area contributed by atoms with Crippen molar-refractivity contribution in [3.05, 3.63) is 29.6 Å². The molecule has 0 spiro atoms. The number of ether oxygens (including phenoxy) is 1. The van der Waals surface area contributed by atoms with Crippen LogP contribution < -0.4 is 10.1 Å². The third kappa shape index (κ3) is 3.02. The van der Waals surface area contributed by atoms with Gasteiger partial charge in [-0.2, -0.15) is 0 Å². The van der Waals surface area contributed by atoms with Crippen LogP contribution >= 0.6 is 0 Å². The van der Waals surface area contributed by atoms with Crippen molar-refractivity contribution in [3.63, 3.8) is 0 Å². The third-order valence-corrected chi connectivity index (χ3v) is 3.71. The van der Waals surface area contributed by atoms with E-state index in [1.165, 1.54) is 0 Å². The molecule has 0 radical (unpaired) electrons. The van der Waals surface area contributed by atoms with E-state index in [1.807, 2.05) is 20.0 Å². The zero-order valence-corrected chi connectivity index (χ0v) is 12.0. The van der Waals surface area contributed by atoms with Gasteiger partial charge in [-0.1, -0.05) is 26.8 Å². The molecule has 0 heterocycles. The highest BCUT2D eigenvalue weighted by atomic mass is 19.1. The van der Waals surface area contributed by atoms with E-state index in [2.05, 4.69) is 26.1 Å². The SMILES string of the molecule is CCOc1ccc(C(C)(CNC)C(C)C)cc1F. The average Bonchev–Trinajstić information content (AvgIpc) is 2.32. The lowest BCUT2D eigenvalue weighted by molar-refractivity contribution is 0.312. The van der Waals surface area contributed by atoms with E-state index in [0.29, 0.717) is 18.3 Å². The second-order valence-electron chi connectivity index (χ2n) is 5.18. The predicted octanol–water partition coefficient (Wildman–Crippen LogP) is 3.36. The van der Waals surface area contributed by atoms with Gasteiger partial charge >= 0.3 is 0 Å². The van der Waals surface area contributed by atoms with E-state index in [1.54, 1.807) is 12.1 Å². The predicted molar refractivity (Wildman–Crippen MR) is 73.7 cm³/mol. The number of rotatable bonds is 6. The fraction of sp³-hybridized carbons (Fsp3) is 0.600. The molecule has 0 aromatic heterocycles. The fourth-order valence-electron chi connectivity index (χ4n) is 2.14. The molecular weight excluding hydrogens is 229 g/mol. The van der Waals surface area contributed by atoms with Gasteiger partial charge < -0.3 is 10.1 Å². The summed E-state index contributed by atoms with van der Waals surface area (Å²) in [6.07, 6.45) is 0. The molecule has 0 saturated heterocycles. The minimum absolute atomic E-state index is 0.0830. The Balaban J connectivity index is 3.11. The minimum Gasteiger partial charge on any atom is -0.491 e. The van der Waals surface area contributed by atoms with Gasteiger partial charge in [0.25, 0.3) is 0 Å². The van der Waals surface area contributed by atoms with Crippen molar-refractivity contribution >= 4 is 0 Å². The normalized spacial score (nSPS) is 14.6. The van der Waals surface area contributed by atoms with Crippen LogP contribution in [0.4, 0.5) is 4.39 Å². The number of likely N-dealkylation sites (N-methyl/N-ethyl adjacent to an activating group) is 1. The Kier molecular flexibility index (Phi) is 5.15. The second kappa shape index (κ2) is 6.19. The first-order valence-corrected chi connectivity index (χ1v) is 6.53. The molecule has 1 unspecified atom stereocenters. The monoisotopic (exact) mass is 253 g/mol. The molecular formula is C15H24FNO. The third-order valence-electron chi connectivity index (χ3n) is 3.71. The molecule has 18 heavy (non-hydrogen) atoms. The molecule has 0 aliphatic carbocycles. The Morgan fingerprint density at radius 3 is 2.50 bits per heavy atom. The highest BCUT2D eigenvalue weighted by Gasteiger charge is 2.30. The smallest absolute Gasteiger partial charge is 0.165 e. The molecule has 1 rings (SSSR count). The van der Waals surface area contributed by atoms with Crippen LogP contribution in [0.5, 0.6) is 5.75 Å². The van der Waals surface area contributed by atoms with Crippen molar-refractivity contribution in [1.29, 1.82) is 0 Å². The standard InChI is InChI=1S/C15H24FNO/c1-6-18-14-8-7-12(9-13(14)16)15(4,10-17-5)11(2)3/h7-9,11,17H,6,10H2,1-5H3. The molecule has 0 aliphatic rings. The summed E-state index contributed by atoms with van der Waals surface area (Å²) in [7, 11) is 1.92. The quantitative estimate of drug-likeness (QED) is 0.839. The van der Waals surface area contributed by atoms with Crippen LogP contribution in [0.15, 0.2) is 18.2 Å². The lowest BCUT2D eigenvalue weighted by Crippen LogP contribution is -2.38. The maximum absolute atomic E-state index is 13.9. The molecule has 2 nitrogen and oxygen atoms in total. The van der Waals surface area contributed by atoms with E-state index < -0.39 is 0 Å². The first kappa shape index (κ1) is 15.0. The number of hydrogen-bond acceptors (Lipinski definition) is 2. The largest absolute Gasteiger partial charge is 0.491 e. The van der Waals surface area contributed by atoms with Crippen LogP contribution in [0.25, 0.3) is 0 Å². The first-order chi connectivity index (χ1) is 8.45. The Hall–Kier alpha value is -1.09. The summed E-state index contributed by atoms with van der Waals surface area (Å²) in [6, 6.07) is 5.29. The molecule has 0 saturated carbocycles. The first-order valence-electron chi connectivity index (χ1n) is 6.53. The zero-order valence-electron chi connectivity index (χ0n) is 12.0. The summed E-state index contributed by atoms with van der Waals surface area (Å²) in [5.41, 5.74) is 0.924. The molecule has 3 heteroatoms. The van der Waals surface area contributed by atoms with Gasteiger partial charge in [0.1, 0.15) is 0 Å². The number of nitrogens with one attached hydrogen (secondary N) is 1. The Bertz CT molecular complexity index is 392. The van der Waals surface area contributed by atoms with Gasteiger partial charge in [-0.15, -0.1) is 0 Å². The summed E-state index contributed by atoms with van der Waals surface area (Å²) in [5.74, 6) is 0.469. The van der Waals surface area contributed by atoms with Crippen LogP contribution in [-0.4, -0.2) is 20.2 Å². The molecule has 1 aromatic rings. The van der Waals surface area contributed by atoms with Crippen molar-refractivity contribution in [2.24, 2.45) is 5.92 Å². The number of hydrogen-bond donors (Lipinski definition) is 1. The van der Waals surface area contributed by atoms with E-state index >= 15 is 0 Å². The molecule has 1 aromatic carbocycles. The van der Waals surface area contributed by atoms with Crippen molar-refractivity contribution in [1.82, 2.24) is 5.32 Å².